The van der Waals surface area contributed by atoms with Gasteiger partial charge in [-0.15, -0.1) is 0 Å². The SMILES string of the molecule is C[C@H](N)C(=O)Nc1ncccc1O. The molecule has 0 spiro atoms. The topological polar surface area (TPSA) is 88.2 Å². The van der Waals surface area contributed by atoms with E-state index in [9.17, 15) is 9.90 Å². The third-order valence-electron chi connectivity index (χ3n) is 1.44. The molecule has 0 radical (unpaired) electrons. The van der Waals surface area contributed by atoms with Crippen molar-refractivity contribution in [1.82, 2.24) is 4.98 Å². The van der Waals surface area contributed by atoms with Crippen molar-refractivity contribution < 1.29 is 9.90 Å². The van der Waals surface area contributed by atoms with Crippen LogP contribution in [0.25, 0.3) is 0 Å². The number of hydrogen-bond acceptors (Lipinski definition) is 4. The number of nitrogens with zero attached hydrogens (tertiary/aromatic N) is 1. The number of rotatable bonds is 2. The number of aromatic hydroxyl groups is 1. The Morgan fingerprint density at radius 3 is 3.00 bits per heavy atom. The van der Waals surface area contributed by atoms with Crippen LogP contribution in [0.1, 0.15) is 6.92 Å². The van der Waals surface area contributed by atoms with Gasteiger partial charge in [-0.1, -0.05) is 0 Å². The van der Waals surface area contributed by atoms with Crippen LogP contribution < -0.4 is 11.1 Å². The third-order valence-corrected chi connectivity index (χ3v) is 1.44. The molecule has 5 heteroatoms. The van der Waals surface area contributed by atoms with Crippen LogP contribution in [0.15, 0.2) is 18.3 Å². The number of aromatic nitrogens is 1. The molecule has 0 aliphatic heterocycles. The molecule has 1 aromatic rings. The zero-order valence-corrected chi connectivity index (χ0v) is 7.19. The molecule has 0 saturated heterocycles. The van der Waals surface area contributed by atoms with E-state index < -0.39 is 6.04 Å². The largest absolute Gasteiger partial charge is 0.504 e. The monoisotopic (exact) mass is 181 g/mol. The molecule has 70 valence electrons. The molecule has 0 unspecified atom stereocenters. The van der Waals surface area contributed by atoms with Crippen LogP contribution in [0.4, 0.5) is 5.82 Å². The van der Waals surface area contributed by atoms with Gasteiger partial charge in [0.05, 0.1) is 6.04 Å². The first-order valence-corrected chi connectivity index (χ1v) is 3.81. The number of hydrogen-bond donors (Lipinski definition) is 3. The van der Waals surface area contributed by atoms with E-state index in [4.69, 9.17) is 5.73 Å². The Morgan fingerprint density at radius 1 is 1.77 bits per heavy atom. The van der Waals surface area contributed by atoms with Gasteiger partial charge in [-0.2, -0.15) is 0 Å². The predicted octanol–water partition coefficient (Wildman–Crippen LogP) is 0.0729. The highest BCUT2D eigenvalue weighted by Crippen LogP contribution is 2.17. The number of anilines is 1. The number of carbonyl (C=O) groups excluding carboxylic acids is 1. The zero-order chi connectivity index (χ0) is 9.84. The average Bonchev–Trinajstić information content (AvgIpc) is 2.08. The van der Waals surface area contributed by atoms with Crippen LogP contribution in [-0.2, 0) is 4.79 Å². The molecule has 0 aliphatic carbocycles. The average molecular weight is 181 g/mol. The second-order valence-electron chi connectivity index (χ2n) is 2.65. The maximum absolute atomic E-state index is 11.1. The number of amides is 1. The fourth-order valence-electron chi connectivity index (χ4n) is 0.724. The Labute approximate surface area is 75.6 Å². The van der Waals surface area contributed by atoms with Crippen molar-refractivity contribution in [2.24, 2.45) is 5.73 Å². The quantitative estimate of drug-likeness (QED) is 0.602. The van der Waals surface area contributed by atoms with Gasteiger partial charge < -0.3 is 16.2 Å². The molecule has 0 fully saturated rings. The molecule has 1 rings (SSSR count). The first-order chi connectivity index (χ1) is 6.11. The summed E-state index contributed by atoms with van der Waals surface area (Å²) in [5, 5.41) is 11.6. The van der Waals surface area contributed by atoms with Gasteiger partial charge in [-0.05, 0) is 19.1 Å². The number of nitrogens with two attached hydrogens (primary N) is 1. The summed E-state index contributed by atoms with van der Waals surface area (Å²) in [7, 11) is 0. The molecule has 1 heterocycles. The molecule has 0 aromatic carbocycles. The van der Waals surface area contributed by atoms with E-state index in [1.165, 1.54) is 12.3 Å². The van der Waals surface area contributed by atoms with Gasteiger partial charge >= 0.3 is 0 Å². The Bertz CT molecular complexity index is 312. The summed E-state index contributed by atoms with van der Waals surface area (Å²) in [6, 6.07) is 2.38. The molecule has 1 amide bonds. The lowest BCUT2D eigenvalue weighted by atomic mass is 10.3. The van der Waals surface area contributed by atoms with Crippen molar-refractivity contribution in [2.45, 2.75) is 13.0 Å². The minimum atomic E-state index is -0.624. The van der Waals surface area contributed by atoms with E-state index in [1.54, 1.807) is 13.0 Å². The summed E-state index contributed by atoms with van der Waals surface area (Å²) in [5.41, 5.74) is 5.31. The molecule has 0 aliphatic rings. The lowest BCUT2D eigenvalue weighted by Crippen LogP contribution is -2.32. The molecular formula is C8H11N3O2. The second kappa shape index (κ2) is 3.86. The fraction of sp³-hybridized carbons (Fsp3) is 0.250. The van der Waals surface area contributed by atoms with Gasteiger partial charge in [0.15, 0.2) is 11.6 Å². The number of pyridine rings is 1. The van der Waals surface area contributed by atoms with Gasteiger partial charge in [-0.3, -0.25) is 4.79 Å². The molecule has 1 atom stereocenters. The normalized spacial score (nSPS) is 12.2. The van der Waals surface area contributed by atoms with Gasteiger partial charge in [0, 0.05) is 6.20 Å². The van der Waals surface area contributed by atoms with Crippen LogP contribution in [0.2, 0.25) is 0 Å². The molecule has 0 saturated carbocycles. The highest BCUT2D eigenvalue weighted by molar-refractivity contribution is 5.94. The summed E-state index contributed by atoms with van der Waals surface area (Å²) >= 11 is 0. The molecule has 0 bridgehead atoms. The summed E-state index contributed by atoms with van der Waals surface area (Å²) in [6.45, 7) is 1.55. The second-order valence-corrected chi connectivity index (χ2v) is 2.65. The molecular weight excluding hydrogens is 170 g/mol. The van der Waals surface area contributed by atoms with E-state index in [2.05, 4.69) is 10.3 Å². The smallest absolute Gasteiger partial charge is 0.242 e. The van der Waals surface area contributed by atoms with Crippen molar-refractivity contribution in [3.05, 3.63) is 18.3 Å². The Kier molecular flexibility index (Phi) is 2.81. The van der Waals surface area contributed by atoms with E-state index in [0.717, 1.165) is 0 Å². The van der Waals surface area contributed by atoms with Gasteiger partial charge in [0.25, 0.3) is 0 Å². The Morgan fingerprint density at radius 2 is 2.46 bits per heavy atom. The highest BCUT2D eigenvalue weighted by atomic mass is 16.3. The maximum atomic E-state index is 11.1. The summed E-state index contributed by atoms with van der Waals surface area (Å²) in [6.07, 6.45) is 1.47. The maximum Gasteiger partial charge on any atom is 0.242 e. The lowest BCUT2D eigenvalue weighted by Gasteiger charge is -2.07. The summed E-state index contributed by atoms with van der Waals surface area (Å²) in [5.74, 6) is -0.324. The van der Waals surface area contributed by atoms with E-state index >= 15 is 0 Å². The van der Waals surface area contributed by atoms with Crippen LogP contribution >= 0.6 is 0 Å². The van der Waals surface area contributed by atoms with Gasteiger partial charge in [0.1, 0.15) is 0 Å². The third kappa shape index (κ3) is 2.41. The zero-order valence-electron chi connectivity index (χ0n) is 7.19. The predicted molar refractivity (Wildman–Crippen MR) is 48.2 cm³/mol. The first kappa shape index (κ1) is 9.47. The fourth-order valence-corrected chi connectivity index (χ4v) is 0.724. The lowest BCUT2D eigenvalue weighted by molar-refractivity contribution is -0.117. The van der Waals surface area contributed by atoms with Crippen LogP contribution in [0.5, 0.6) is 5.75 Å². The summed E-state index contributed by atoms with van der Waals surface area (Å²) < 4.78 is 0. The number of carbonyl (C=O) groups is 1. The van der Waals surface area contributed by atoms with Crippen LogP contribution in [0, 0.1) is 0 Å². The number of nitrogens with one attached hydrogen (secondary N) is 1. The minimum Gasteiger partial charge on any atom is -0.504 e. The van der Waals surface area contributed by atoms with E-state index in [0.29, 0.717) is 0 Å². The highest BCUT2D eigenvalue weighted by Gasteiger charge is 2.10. The molecule has 13 heavy (non-hydrogen) atoms. The minimum absolute atomic E-state index is 0.0727. The van der Waals surface area contributed by atoms with Crippen molar-refractivity contribution in [1.29, 1.82) is 0 Å². The van der Waals surface area contributed by atoms with E-state index in [1.807, 2.05) is 0 Å². The van der Waals surface area contributed by atoms with Crippen molar-refractivity contribution >= 4 is 11.7 Å². The van der Waals surface area contributed by atoms with Crippen molar-refractivity contribution in [3.8, 4) is 5.75 Å². The first-order valence-electron chi connectivity index (χ1n) is 3.81. The van der Waals surface area contributed by atoms with Gasteiger partial charge in [0.2, 0.25) is 5.91 Å². The van der Waals surface area contributed by atoms with E-state index in [-0.39, 0.29) is 17.5 Å². The van der Waals surface area contributed by atoms with Crippen LogP contribution in [-0.4, -0.2) is 22.0 Å². The Hall–Kier alpha value is -1.62. The standard InChI is InChI=1S/C8H11N3O2/c1-5(9)8(13)11-7-6(12)3-2-4-10-7/h2-5,12H,9H2,1H3,(H,10,11,13)/t5-/m0/s1. The molecule has 5 nitrogen and oxygen atoms in total. The summed E-state index contributed by atoms with van der Waals surface area (Å²) in [4.78, 5) is 14.8. The van der Waals surface area contributed by atoms with Crippen LogP contribution in [0.3, 0.4) is 0 Å². The Balaban J connectivity index is 2.75. The van der Waals surface area contributed by atoms with Gasteiger partial charge in [-0.25, -0.2) is 4.98 Å². The van der Waals surface area contributed by atoms with Crippen molar-refractivity contribution in [3.63, 3.8) is 0 Å². The molecule has 1 aromatic heterocycles. The van der Waals surface area contributed by atoms with Crippen molar-refractivity contribution in [2.75, 3.05) is 5.32 Å². The molecule has 4 N–H and O–H groups in total.